The maximum atomic E-state index is 5.87. The summed E-state index contributed by atoms with van der Waals surface area (Å²) in [6, 6.07) is 0.272. The zero-order chi connectivity index (χ0) is 9.26. The van der Waals surface area contributed by atoms with Crippen LogP contribution in [0.15, 0.2) is 12.5 Å². The van der Waals surface area contributed by atoms with Crippen LogP contribution in [-0.2, 0) is 11.8 Å². The number of imidazole rings is 1. The van der Waals surface area contributed by atoms with Crippen molar-refractivity contribution in [2.45, 2.75) is 25.0 Å². The highest BCUT2D eigenvalue weighted by atomic mass is 16.5. The van der Waals surface area contributed by atoms with E-state index in [9.17, 15) is 0 Å². The van der Waals surface area contributed by atoms with Gasteiger partial charge in [0.1, 0.15) is 6.10 Å². The van der Waals surface area contributed by atoms with Crippen molar-refractivity contribution in [2.75, 3.05) is 6.61 Å². The second-order valence-corrected chi connectivity index (χ2v) is 3.57. The van der Waals surface area contributed by atoms with Gasteiger partial charge in [-0.1, -0.05) is 0 Å². The zero-order valence-electron chi connectivity index (χ0n) is 7.81. The minimum atomic E-state index is 0.135. The molecule has 1 aliphatic rings. The molecule has 13 heavy (non-hydrogen) atoms. The molecule has 1 aromatic heterocycles. The van der Waals surface area contributed by atoms with Crippen molar-refractivity contribution in [1.82, 2.24) is 9.55 Å². The van der Waals surface area contributed by atoms with E-state index >= 15 is 0 Å². The van der Waals surface area contributed by atoms with Gasteiger partial charge in [-0.25, -0.2) is 4.98 Å². The van der Waals surface area contributed by atoms with Crippen LogP contribution in [0.3, 0.4) is 0 Å². The number of nitrogens with zero attached hydrogens (tertiary/aromatic N) is 2. The summed E-state index contributed by atoms with van der Waals surface area (Å²) in [5.41, 5.74) is 6.99. The summed E-state index contributed by atoms with van der Waals surface area (Å²) in [5.74, 6) is 0. The minimum Gasteiger partial charge on any atom is -0.372 e. The Labute approximate surface area is 77.7 Å². The van der Waals surface area contributed by atoms with Gasteiger partial charge >= 0.3 is 0 Å². The van der Waals surface area contributed by atoms with E-state index in [-0.39, 0.29) is 12.1 Å². The summed E-state index contributed by atoms with van der Waals surface area (Å²) < 4.78 is 7.62. The van der Waals surface area contributed by atoms with E-state index in [2.05, 4.69) is 4.98 Å². The molecule has 2 atom stereocenters. The quantitative estimate of drug-likeness (QED) is 0.690. The van der Waals surface area contributed by atoms with Gasteiger partial charge in [0, 0.05) is 19.7 Å². The molecule has 1 saturated heterocycles. The second kappa shape index (κ2) is 3.47. The SMILES string of the molecule is Cn1cncc1[C@H]1C[C@H](N)CCO1. The molecule has 0 aromatic carbocycles. The second-order valence-electron chi connectivity index (χ2n) is 3.57. The highest BCUT2D eigenvalue weighted by Crippen LogP contribution is 2.26. The van der Waals surface area contributed by atoms with Crippen LogP contribution in [0, 0.1) is 0 Å². The number of aryl methyl sites for hydroxylation is 1. The fourth-order valence-electron chi connectivity index (χ4n) is 1.71. The number of hydrogen-bond acceptors (Lipinski definition) is 3. The van der Waals surface area contributed by atoms with E-state index < -0.39 is 0 Å². The molecule has 0 radical (unpaired) electrons. The van der Waals surface area contributed by atoms with Crippen LogP contribution >= 0.6 is 0 Å². The van der Waals surface area contributed by atoms with E-state index in [0.717, 1.165) is 25.1 Å². The Kier molecular flexibility index (Phi) is 2.33. The third-order valence-corrected chi connectivity index (χ3v) is 2.51. The zero-order valence-corrected chi connectivity index (χ0v) is 7.81. The summed E-state index contributed by atoms with van der Waals surface area (Å²) in [5, 5.41) is 0. The first kappa shape index (κ1) is 8.72. The Morgan fingerprint density at radius 3 is 3.15 bits per heavy atom. The molecule has 1 aromatic rings. The maximum Gasteiger partial charge on any atom is 0.100 e. The number of hydrogen-bond donors (Lipinski definition) is 1. The first-order valence-electron chi connectivity index (χ1n) is 4.61. The molecule has 2 heterocycles. The van der Waals surface area contributed by atoms with E-state index in [4.69, 9.17) is 10.5 Å². The van der Waals surface area contributed by atoms with Crippen LogP contribution in [0.1, 0.15) is 24.6 Å². The summed E-state index contributed by atoms with van der Waals surface area (Å²) >= 11 is 0. The van der Waals surface area contributed by atoms with Crippen LogP contribution in [0.5, 0.6) is 0 Å². The molecular formula is C9H15N3O. The highest BCUT2D eigenvalue weighted by Gasteiger charge is 2.23. The molecule has 72 valence electrons. The first-order valence-corrected chi connectivity index (χ1v) is 4.61. The normalized spacial score (nSPS) is 29.1. The van der Waals surface area contributed by atoms with Crippen molar-refractivity contribution in [3.63, 3.8) is 0 Å². The number of ether oxygens (including phenoxy) is 1. The Bertz CT molecular complexity index is 284. The Balaban J connectivity index is 2.12. The van der Waals surface area contributed by atoms with Crippen LogP contribution in [-0.4, -0.2) is 22.2 Å². The van der Waals surface area contributed by atoms with Gasteiger partial charge in [-0.2, -0.15) is 0 Å². The minimum absolute atomic E-state index is 0.135. The number of aromatic nitrogens is 2. The number of rotatable bonds is 1. The van der Waals surface area contributed by atoms with Crippen molar-refractivity contribution >= 4 is 0 Å². The standard InChI is InChI=1S/C9H15N3O/c1-12-6-11-5-8(12)9-4-7(10)2-3-13-9/h5-7,9H,2-4,10H2,1H3/t7-,9-/m1/s1. The van der Waals surface area contributed by atoms with Crippen molar-refractivity contribution < 1.29 is 4.74 Å². The van der Waals surface area contributed by atoms with Crippen LogP contribution in [0.4, 0.5) is 0 Å². The fraction of sp³-hybridized carbons (Fsp3) is 0.667. The Hall–Kier alpha value is -0.870. The molecule has 1 aliphatic heterocycles. The van der Waals surface area contributed by atoms with Crippen LogP contribution in [0.2, 0.25) is 0 Å². The molecule has 0 amide bonds. The van der Waals surface area contributed by atoms with Crippen molar-refractivity contribution in [2.24, 2.45) is 12.8 Å². The molecule has 0 saturated carbocycles. The molecule has 0 spiro atoms. The molecule has 4 heteroatoms. The van der Waals surface area contributed by atoms with Gasteiger partial charge in [0.25, 0.3) is 0 Å². The molecule has 2 rings (SSSR count). The van der Waals surface area contributed by atoms with Crippen molar-refractivity contribution in [3.8, 4) is 0 Å². The first-order chi connectivity index (χ1) is 6.27. The van der Waals surface area contributed by atoms with Gasteiger partial charge in [0.2, 0.25) is 0 Å². The predicted octanol–water partition coefficient (Wildman–Crippen LogP) is 0.599. The van der Waals surface area contributed by atoms with Crippen molar-refractivity contribution in [1.29, 1.82) is 0 Å². The molecule has 1 fully saturated rings. The van der Waals surface area contributed by atoms with Gasteiger partial charge < -0.3 is 15.0 Å². The van der Waals surface area contributed by atoms with E-state index in [0.29, 0.717) is 0 Å². The van der Waals surface area contributed by atoms with Crippen LogP contribution in [0.25, 0.3) is 0 Å². The maximum absolute atomic E-state index is 5.87. The molecule has 2 N–H and O–H groups in total. The summed E-state index contributed by atoms with van der Waals surface area (Å²) in [6.07, 6.45) is 5.64. The molecule has 0 aliphatic carbocycles. The molecule has 4 nitrogen and oxygen atoms in total. The largest absolute Gasteiger partial charge is 0.372 e. The Morgan fingerprint density at radius 1 is 1.69 bits per heavy atom. The monoisotopic (exact) mass is 181 g/mol. The highest BCUT2D eigenvalue weighted by molar-refractivity contribution is 5.04. The van der Waals surface area contributed by atoms with Gasteiger partial charge in [0.05, 0.1) is 18.2 Å². The summed E-state index contributed by atoms with van der Waals surface area (Å²) in [4.78, 5) is 4.06. The number of nitrogens with two attached hydrogens (primary N) is 1. The van der Waals surface area contributed by atoms with Gasteiger partial charge in [-0.05, 0) is 12.8 Å². The smallest absolute Gasteiger partial charge is 0.100 e. The predicted molar refractivity (Wildman–Crippen MR) is 49.1 cm³/mol. The molecular weight excluding hydrogens is 166 g/mol. The topological polar surface area (TPSA) is 53.1 Å². The van der Waals surface area contributed by atoms with E-state index in [1.165, 1.54) is 0 Å². The Morgan fingerprint density at radius 2 is 2.54 bits per heavy atom. The van der Waals surface area contributed by atoms with Gasteiger partial charge in [0.15, 0.2) is 0 Å². The fourth-order valence-corrected chi connectivity index (χ4v) is 1.71. The van der Waals surface area contributed by atoms with Crippen molar-refractivity contribution in [3.05, 3.63) is 18.2 Å². The lowest BCUT2D eigenvalue weighted by Gasteiger charge is -2.27. The summed E-state index contributed by atoms with van der Waals surface area (Å²) in [6.45, 7) is 0.761. The third-order valence-electron chi connectivity index (χ3n) is 2.51. The van der Waals surface area contributed by atoms with Gasteiger partial charge in [-0.3, -0.25) is 0 Å². The van der Waals surface area contributed by atoms with Crippen LogP contribution < -0.4 is 5.73 Å². The molecule has 0 unspecified atom stereocenters. The average molecular weight is 181 g/mol. The molecule has 0 bridgehead atoms. The van der Waals surface area contributed by atoms with Gasteiger partial charge in [-0.15, -0.1) is 0 Å². The lowest BCUT2D eigenvalue weighted by atomic mass is 10.0. The average Bonchev–Trinajstić information content (AvgIpc) is 2.51. The summed E-state index contributed by atoms with van der Waals surface area (Å²) in [7, 11) is 1.98. The third kappa shape index (κ3) is 1.73. The lowest BCUT2D eigenvalue weighted by molar-refractivity contribution is 0.00253. The lowest BCUT2D eigenvalue weighted by Crippen LogP contribution is -2.31. The van der Waals surface area contributed by atoms with E-state index in [1.54, 1.807) is 6.33 Å². The van der Waals surface area contributed by atoms with E-state index in [1.807, 2.05) is 17.8 Å².